The number of carbonyl (C=O) groups excluding carboxylic acids is 1. The largest absolute Gasteiger partial charge is 0.506 e. The number of phenolic OH excluding ortho intramolecular Hbond substituents is 1. The Bertz CT molecular complexity index is 399. The van der Waals surface area contributed by atoms with Crippen LogP contribution in [0.25, 0.3) is 0 Å². The molecule has 4 N–H and O–H groups in total. The minimum absolute atomic E-state index is 0. The molecule has 1 rings (SSSR count). The van der Waals surface area contributed by atoms with E-state index in [0.29, 0.717) is 5.69 Å². The molecule has 102 valence electrons. The zero-order valence-corrected chi connectivity index (χ0v) is 11.3. The van der Waals surface area contributed by atoms with Gasteiger partial charge < -0.3 is 20.9 Å². The minimum atomic E-state index is -0.746. The predicted molar refractivity (Wildman–Crippen MR) is 73.2 cm³/mol. The van der Waals surface area contributed by atoms with Gasteiger partial charge >= 0.3 is 0 Å². The van der Waals surface area contributed by atoms with Crippen molar-refractivity contribution in [2.75, 3.05) is 19.0 Å². The minimum Gasteiger partial charge on any atom is -0.506 e. The van der Waals surface area contributed by atoms with Crippen LogP contribution in [0.4, 0.5) is 5.69 Å². The summed E-state index contributed by atoms with van der Waals surface area (Å²) in [5, 5.41) is 12.2. The molecule has 0 aliphatic heterocycles. The maximum Gasteiger partial charge on any atom is 0.243 e. The molecule has 5 nitrogen and oxygen atoms in total. The normalized spacial score (nSPS) is 11.5. The summed E-state index contributed by atoms with van der Waals surface area (Å²) in [6.45, 7) is 2.13. The summed E-state index contributed by atoms with van der Waals surface area (Å²) >= 11 is 0. The van der Waals surface area contributed by atoms with E-state index in [1.54, 1.807) is 18.2 Å². The summed E-state index contributed by atoms with van der Waals surface area (Å²) < 4.78 is 4.79. The third-order valence-corrected chi connectivity index (χ3v) is 2.41. The summed E-state index contributed by atoms with van der Waals surface area (Å²) in [6.07, 6.45) is 0.827. The Morgan fingerprint density at radius 3 is 2.78 bits per heavy atom. The molecule has 0 saturated carbocycles. The summed E-state index contributed by atoms with van der Waals surface area (Å²) in [5.74, 6) is -0.351. The number of benzene rings is 1. The highest BCUT2D eigenvalue weighted by Crippen LogP contribution is 2.24. The van der Waals surface area contributed by atoms with E-state index in [2.05, 4.69) is 5.32 Å². The Hall–Kier alpha value is -1.30. The van der Waals surface area contributed by atoms with Gasteiger partial charge in [-0.3, -0.25) is 4.79 Å². The number of hydrogen-bond donors (Lipinski definition) is 3. The van der Waals surface area contributed by atoms with Gasteiger partial charge in [-0.2, -0.15) is 0 Å². The van der Waals surface area contributed by atoms with Crippen LogP contribution >= 0.6 is 12.4 Å². The fourth-order valence-corrected chi connectivity index (χ4v) is 1.38. The quantitative estimate of drug-likeness (QED) is 0.707. The molecular weight excluding hydrogens is 256 g/mol. The van der Waals surface area contributed by atoms with Crippen molar-refractivity contribution in [2.24, 2.45) is 5.73 Å². The number of carbonyl (C=O) groups is 1. The van der Waals surface area contributed by atoms with Gasteiger partial charge in [0.1, 0.15) is 11.8 Å². The number of hydrogen-bond acceptors (Lipinski definition) is 4. The van der Waals surface area contributed by atoms with Crippen molar-refractivity contribution in [3.05, 3.63) is 23.8 Å². The van der Waals surface area contributed by atoms with Crippen LogP contribution in [0.15, 0.2) is 18.2 Å². The van der Waals surface area contributed by atoms with Crippen molar-refractivity contribution in [1.82, 2.24) is 0 Å². The molecular formula is C12H19ClN2O3. The number of anilines is 1. The zero-order chi connectivity index (χ0) is 12.8. The monoisotopic (exact) mass is 274 g/mol. The molecule has 1 amide bonds. The summed E-state index contributed by atoms with van der Waals surface area (Å²) in [6, 6.07) is 4.34. The number of nitrogens with one attached hydrogen (secondary N) is 1. The van der Waals surface area contributed by atoms with Crippen LogP contribution in [-0.2, 0) is 16.0 Å². The van der Waals surface area contributed by atoms with Crippen LogP contribution in [-0.4, -0.2) is 30.8 Å². The molecule has 0 aliphatic carbocycles. The van der Waals surface area contributed by atoms with E-state index >= 15 is 0 Å². The number of methoxy groups -OCH3 is 1. The van der Waals surface area contributed by atoms with Crippen molar-refractivity contribution < 1.29 is 14.6 Å². The van der Waals surface area contributed by atoms with Gasteiger partial charge in [0.2, 0.25) is 5.91 Å². The second kappa shape index (κ2) is 7.92. The van der Waals surface area contributed by atoms with Crippen LogP contribution in [0.1, 0.15) is 12.5 Å². The molecule has 6 heteroatoms. The third-order valence-electron chi connectivity index (χ3n) is 2.41. The first-order chi connectivity index (χ1) is 8.08. The lowest BCUT2D eigenvalue weighted by Crippen LogP contribution is -2.39. The molecule has 1 atom stereocenters. The average Bonchev–Trinajstić information content (AvgIpc) is 2.32. The molecule has 0 spiro atoms. The van der Waals surface area contributed by atoms with Crippen molar-refractivity contribution in [2.45, 2.75) is 19.4 Å². The van der Waals surface area contributed by atoms with Gasteiger partial charge in [0.05, 0.1) is 12.3 Å². The van der Waals surface area contributed by atoms with Crippen LogP contribution in [0.3, 0.4) is 0 Å². The topological polar surface area (TPSA) is 84.6 Å². The second-order valence-corrected chi connectivity index (χ2v) is 3.76. The van der Waals surface area contributed by atoms with E-state index in [1.165, 1.54) is 7.11 Å². The van der Waals surface area contributed by atoms with Gasteiger partial charge in [-0.15, -0.1) is 12.4 Å². The highest BCUT2D eigenvalue weighted by atomic mass is 35.5. The van der Waals surface area contributed by atoms with Gasteiger partial charge in [-0.05, 0) is 24.1 Å². The summed E-state index contributed by atoms with van der Waals surface area (Å²) in [5.41, 5.74) is 6.98. The highest BCUT2D eigenvalue weighted by Gasteiger charge is 2.14. The molecule has 1 aromatic carbocycles. The molecule has 0 heterocycles. The van der Waals surface area contributed by atoms with Crippen molar-refractivity contribution in [3.63, 3.8) is 0 Å². The third kappa shape index (κ3) is 4.52. The lowest BCUT2D eigenvalue weighted by molar-refractivity contribution is -0.118. The number of ether oxygens (including phenoxy) is 1. The Balaban J connectivity index is 0.00000289. The van der Waals surface area contributed by atoms with Crippen LogP contribution in [0, 0.1) is 0 Å². The van der Waals surface area contributed by atoms with E-state index in [4.69, 9.17) is 10.5 Å². The molecule has 0 aliphatic rings. The fourth-order valence-electron chi connectivity index (χ4n) is 1.38. The van der Waals surface area contributed by atoms with Crippen LogP contribution in [0.5, 0.6) is 5.75 Å². The van der Waals surface area contributed by atoms with Crippen molar-refractivity contribution in [1.29, 1.82) is 0 Å². The predicted octanol–water partition coefficient (Wildman–Crippen LogP) is 1.29. The lowest BCUT2D eigenvalue weighted by Gasteiger charge is -2.13. The lowest BCUT2D eigenvalue weighted by atomic mass is 10.1. The van der Waals surface area contributed by atoms with E-state index < -0.39 is 6.04 Å². The molecule has 1 aromatic rings. The first-order valence-electron chi connectivity index (χ1n) is 5.45. The molecule has 0 radical (unpaired) electrons. The smallest absolute Gasteiger partial charge is 0.243 e. The zero-order valence-electron chi connectivity index (χ0n) is 10.5. The Labute approximate surface area is 113 Å². The maximum atomic E-state index is 11.6. The van der Waals surface area contributed by atoms with Gasteiger partial charge in [-0.25, -0.2) is 0 Å². The first kappa shape index (κ1) is 16.7. The fraction of sp³-hybridized carbons (Fsp3) is 0.417. The molecule has 18 heavy (non-hydrogen) atoms. The number of phenols is 1. The maximum absolute atomic E-state index is 11.6. The number of aromatic hydroxyl groups is 1. The number of amides is 1. The summed E-state index contributed by atoms with van der Waals surface area (Å²) in [4.78, 5) is 11.6. The Morgan fingerprint density at radius 1 is 1.56 bits per heavy atom. The van der Waals surface area contributed by atoms with E-state index in [0.717, 1.165) is 12.0 Å². The van der Waals surface area contributed by atoms with E-state index in [1.807, 2.05) is 6.92 Å². The Kier molecular flexibility index (Phi) is 7.35. The molecule has 0 aromatic heterocycles. The SMILES string of the molecule is CCc1ccc(O)c(NC(=O)C(N)COC)c1.Cl. The van der Waals surface area contributed by atoms with E-state index in [-0.39, 0.29) is 30.7 Å². The number of halogens is 1. The molecule has 0 fully saturated rings. The average molecular weight is 275 g/mol. The molecule has 1 unspecified atom stereocenters. The molecule has 0 bridgehead atoms. The van der Waals surface area contributed by atoms with Gasteiger partial charge in [0.25, 0.3) is 0 Å². The number of nitrogens with two attached hydrogens (primary N) is 1. The van der Waals surface area contributed by atoms with Crippen molar-refractivity contribution in [3.8, 4) is 5.75 Å². The van der Waals surface area contributed by atoms with Gasteiger partial charge in [0, 0.05) is 7.11 Å². The number of aryl methyl sites for hydroxylation is 1. The van der Waals surface area contributed by atoms with E-state index in [9.17, 15) is 9.90 Å². The van der Waals surface area contributed by atoms with Crippen molar-refractivity contribution >= 4 is 24.0 Å². The molecule has 0 saturated heterocycles. The van der Waals surface area contributed by atoms with Gasteiger partial charge in [0.15, 0.2) is 0 Å². The summed E-state index contributed by atoms with van der Waals surface area (Å²) in [7, 11) is 1.47. The van der Waals surface area contributed by atoms with Crippen LogP contribution < -0.4 is 11.1 Å². The first-order valence-corrected chi connectivity index (χ1v) is 5.45. The van der Waals surface area contributed by atoms with Crippen LogP contribution in [0.2, 0.25) is 0 Å². The second-order valence-electron chi connectivity index (χ2n) is 3.76. The number of rotatable bonds is 5. The van der Waals surface area contributed by atoms with Gasteiger partial charge in [-0.1, -0.05) is 13.0 Å². The standard InChI is InChI=1S/C12H18N2O3.ClH/c1-3-8-4-5-11(15)10(6-8)14-12(16)9(13)7-17-2;/h4-6,9,15H,3,7,13H2,1-2H3,(H,14,16);1H. The Morgan fingerprint density at radius 2 is 2.22 bits per heavy atom. The highest BCUT2D eigenvalue weighted by molar-refractivity contribution is 5.96.